The Bertz CT molecular complexity index is 1730. The minimum absolute atomic E-state index is 0.00883. The van der Waals surface area contributed by atoms with Gasteiger partial charge in [-0.2, -0.15) is 0 Å². The number of Topliss-reactive ketones (excluding diaryl/α,β-unsaturated/α-hetero) is 2. The fourth-order valence-electron chi connectivity index (χ4n) is 5.82. The summed E-state index contributed by atoms with van der Waals surface area (Å²) in [7, 11) is 2.77. The van der Waals surface area contributed by atoms with Crippen molar-refractivity contribution in [3.05, 3.63) is 82.2 Å². The molecule has 0 bridgehead atoms. The molecule has 1 aliphatic carbocycles. The van der Waals surface area contributed by atoms with Crippen molar-refractivity contribution in [2.24, 2.45) is 5.92 Å². The third-order valence-electron chi connectivity index (χ3n) is 8.15. The molecule has 2 heterocycles. The van der Waals surface area contributed by atoms with Crippen LogP contribution >= 0.6 is 23.4 Å². The monoisotopic (exact) mass is 665 g/mol. The van der Waals surface area contributed by atoms with Crippen molar-refractivity contribution < 1.29 is 38.5 Å². The maximum Gasteiger partial charge on any atom is 0.244 e. The summed E-state index contributed by atoms with van der Waals surface area (Å²) in [6.45, 7) is 1.27. The van der Waals surface area contributed by atoms with Gasteiger partial charge in [0.05, 0.1) is 20.8 Å². The van der Waals surface area contributed by atoms with E-state index in [2.05, 4.69) is 15.6 Å². The molecule has 1 unspecified atom stereocenters. The number of carbonyl (C=O) groups excluding carboxylic acids is 4. The number of halogens is 1. The van der Waals surface area contributed by atoms with Crippen LogP contribution in [-0.4, -0.2) is 66.1 Å². The predicted octanol–water partition coefficient (Wildman–Crippen LogP) is 5.14. The number of carbonyl (C=O) groups is 4. The number of fused-ring (bicyclic) bond motifs is 1. The quantitative estimate of drug-likeness (QED) is 0.248. The Balaban J connectivity index is 1.53. The van der Waals surface area contributed by atoms with Crippen LogP contribution in [0.3, 0.4) is 0 Å². The molecule has 2 aromatic carbocycles. The van der Waals surface area contributed by atoms with Crippen molar-refractivity contribution in [2.45, 2.75) is 36.2 Å². The molecule has 1 aliphatic heterocycles. The molecule has 3 atom stereocenters. The Morgan fingerprint density at radius 1 is 1.13 bits per heavy atom. The van der Waals surface area contributed by atoms with Crippen LogP contribution in [0.15, 0.2) is 71.0 Å². The molecule has 1 aromatic heterocycles. The van der Waals surface area contributed by atoms with Gasteiger partial charge in [-0.25, -0.2) is 4.98 Å². The third-order valence-corrected chi connectivity index (χ3v) is 9.25. The van der Waals surface area contributed by atoms with Gasteiger partial charge in [0.25, 0.3) is 0 Å². The average molecular weight is 666 g/mol. The SMILES string of the molecule is COc1cc(OC)c2c(c1Cl)O[C@]1(C2=O)C(O)=C(C(CC(=O)NCC(=O)Nc2ccccn2)c2ccc(SC)cc2)C(=O)C[C@H]1C. The molecule has 46 heavy (non-hydrogen) atoms. The molecule has 11 nitrogen and oxygen atoms in total. The van der Waals surface area contributed by atoms with Crippen molar-refractivity contribution in [3.8, 4) is 17.2 Å². The molecule has 2 aliphatic rings. The number of aliphatic hydroxyl groups excluding tert-OH is 1. The number of nitrogens with one attached hydrogen (secondary N) is 2. The number of hydrogen-bond acceptors (Lipinski definition) is 10. The van der Waals surface area contributed by atoms with Gasteiger partial charge in [0.15, 0.2) is 17.3 Å². The largest absolute Gasteiger partial charge is 0.507 e. The highest BCUT2D eigenvalue weighted by molar-refractivity contribution is 7.98. The van der Waals surface area contributed by atoms with E-state index in [0.717, 1.165) is 4.90 Å². The Hall–Kier alpha value is -4.55. The molecule has 0 fully saturated rings. The van der Waals surface area contributed by atoms with Crippen LogP contribution in [0.5, 0.6) is 17.2 Å². The number of nitrogens with zero attached hydrogens (tertiary/aromatic N) is 1. The number of ketones is 2. The van der Waals surface area contributed by atoms with Crippen molar-refractivity contribution in [2.75, 3.05) is 32.3 Å². The molecule has 2 amide bonds. The zero-order valence-electron chi connectivity index (χ0n) is 25.5. The summed E-state index contributed by atoms with van der Waals surface area (Å²) in [5.41, 5.74) is -1.58. The van der Waals surface area contributed by atoms with E-state index in [1.54, 1.807) is 37.3 Å². The number of ether oxygens (including phenoxy) is 3. The lowest BCUT2D eigenvalue weighted by Gasteiger charge is -2.38. The van der Waals surface area contributed by atoms with E-state index in [-0.39, 0.29) is 52.8 Å². The van der Waals surface area contributed by atoms with Gasteiger partial charge in [0.1, 0.15) is 27.9 Å². The van der Waals surface area contributed by atoms with Gasteiger partial charge in [0.2, 0.25) is 23.2 Å². The first-order chi connectivity index (χ1) is 22.0. The Kier molecular flexibility index (Phi) is 9.59. The number of anilines is 1. The lowest BCUT2D eigenvalue weighted by molar-refractivity contribution is -0.124. The van der Waals surface area contributed by atoms with Gasteiger partial charge in [-0.15, -0.1) is 11.8 Å². The predicted molar refractivity (Wildman–Crippen MR) is 172 cm³/mol. The summed E-state index contributed by atoms with van der Waals surface area (Å²) in [5.74, 6) is -3.92. The van der Waals surface area contributed by atoms with Gasteiger partial charge in [0, 0.05) is 47.4 Å². The summed E-state index contributed by atoms with van der Waals surface area (Å²) in [4.78, 5) is 58.7. The van der Waals surface area contributed by atoms with Crippen LogP contribution in [0, 0.1) is 5.92 Å². The van der Waals surface area contributed by atoms with E-state index in [1.807, 2.05) is 18.4 Å². The number of allylic oxidation sites excluding steroid dienone is 1. The first-order valence-electron chi connectivity index (χ1n) is 14.3. The summed E-state index contributed by atoms with van der Waals surface area (Å²) >= 11 is 8.08. The lowest BCUT2D eigenvalue weighted by Crippen LogP contribution is -2.53. The van der Waals surface area contributed by atoms with Gasteiger partial charge in [-0.1, -0.05) is 36.7 Å². The zero-order chi connectivity index (χ0) is 33.2. The van der Waals surface area contributed by atoms with Gasteiger partial charge in [-0.05, 0) is 36.1 Å². The second-order valence-corrected chi connectivity index (χ2v) is 12.1. The van der Waals surface area contributed by atoms with Crippen molar-refractivity contribution in [3.63, 3.8) is 0 Å². The minimum atomic E-state index is -2.01. The smallest absolute Gasteiger partial charge is 0.244 e. The summed E-state index contributed by atoms with van der Waals surface area (Å²) < 4.78 is 17.1. The second kappa shape index (κ2) is 13.4. The molecule has 5 rings (SSSR count). The molecule has 0 saturated heterocycles. The van der Waals surface area contributed by atoms with Crippen LogP contribution in [-0.2, 0) is 14.4 Å². The first-order valence-corrected chi connectivity index (χ1v) is 15.9. The molecular weight excluding hydrogens is 634 g/mol. The fraction of sp³-hybridized carbons (Fsp3) is 0.303. The number of aromatic nitrogens is 1. The molecule has 0 radical (unpaired) electrons. The number of hydrogen-bond donors (Lipinski definition) is 3. The van der Waals surface area contributed by atoms with Crippen LogP contribution in [0.2, 0.25) is 5.02 Å². The summed E-state index contributed by atoms with van der Waals surface area (Å²) in [5, 5.41) is 17.2. The standard InChI is InChI=1S/C33H32ClN3O8S/c1-17-13-21(38)27(31(41)33(17)32(42)28-22(43-2)15-23(44-3)29(34)30(28)45-33)20(18-8-10-19(46-4)11-9-18)14-25(39)36-16-26(40)37-24-7-5-6-12-35-24/h5-12,15,17,20,41H,13-14,16H2,1-4H3,(H,36,39)(H,35,37,40)/t17-,20?,33+/m1/s1. The number of aliphatic hydroxyl groups is 1. The number of amides is 2. The first kappa shape index (κ1) is 32.8. The molecule has 13 heteroatoms. The molecular formula is C33H32ClN3O8S. The third kappa shape index (κ3) is 5.90. The Morgan fingerprint density at radius 2 is 1.85 bits per heavy atom. The van der Waals surface area contributed by atoms with Gasteiger partial charge in [-0.3, -0.25) is 19.2 Å². The number of methoxy groups -OCH3 is 2. The van der Waals surface area contributed by atoms with E-state index in [4.69, 9.17) is 25.8 Å². The maximum absolute atomic E-state index is 14.2. The van der Waals surface area contributed by atoms with Gasteiger partial charge >= 0.3 is 0 Å². The average Bonchev–Trinajstić information content (AvgIpc) is 3.37. The van der Waals surface area contributed by atoms with Gasteiger partial charge < -0.3 is 30.0 Å². The molecule has 1 spiro atoms. The Morgan fingerprint density at radius 3 is 2.48 bits per heavy atom. The molecule has 240 valence electrons. The highest BCUT2D eigenvalue weighted by Crippen LogP contribution is 2.55. The van der Waals surface area contributed by atoms with E-state index >= 15 is 0 Å². The highest BCUT2D eigenvalue weighted by atomic mass is 35.5. The normalized spacial score (nSPS) is 19.4. The number of pyridine rings is 1. The molecule has 0 saturated carbocycles. The van der Waals surface area contributed by atoms with Crippen LogP contribution < -0.4 is 24.8 Å². The molecule has 3 aromatic rings. The number of benzene rings is 2. The van der Waals surface area contributed by atoms with E-state index in [1.165, 1.54) is 38.2 Å². The molecule has 3 N–H and O–H groups in total. The topological polar surface area (TPSA) is 153 Å². The highest BCUT2D eigenvalue weighted by Gasteiger charge is 2.61. The van der Waals surface area contributed by atoms with E-state index in [0.29, 0.717) is 11.4 Å². The summed E-state index contributed by atoms with van der Waals surface area (Å²) in [6, 6.07) is 13.7. The van der Waals surface area contributed by atoms with Crippen LogP contribution in [0.1, 0.15) is 41.6 Å². The van der Waals surface area contributed by atoms with Crippen LogP contribution in [0.25, 0.3) is 0 Å². The van der Waals surface area contributed by atoms with Crippen molar-refractivity contribution >= 4 is 52.6 Å². The number of rotatable bonds is 10. The second-order valence-electron chi connectivity index (χ2n) is 10.8. The minimum Gasteiger partial charge on any atom is -0.507 e. The summed E-state index contributed by atoms with van der Waals surface area (Å²) in [6.07, 6.45) is 2.96. The van der Waals surface area contributed by atoms with E-state index < -0.39 is 46.6 Å². The van der Waals surface area contributed by atoms with Crippen molar-refractivity contribution in [1.82, 2.24) is 10.3 Å². The number of thioether (sulfide) groups is 1. The maximum atomic E-state index is 14.2. The van der Waals surface area contributed by atoms with Crippen LogP contribution in [0.4, 0.5) is 5.82 Å². The van der Waals surface area contributed by atoms with Crippen molar-refractivity contribution in [1.29, 1.82) is 0 Å². The lowest BCUT2D eigenvalue weighted by atomic mass is 9.69. The Labute approximate surface area is 274 Å². The zero-order valence-corrected chi connectivity index (χ0v) is 27.1. The van der Waals surface area contributed by atoms with E-state index in [9.17, 15) is 24.3 Å². The fourth-order valence-corrected chi connectivity index (χ4v) is 6.49.